The van der Waals surface area contributed by atoms with Crippen LogP contribution in [0.3, 0.4) is 0 Å². The maximum atomic E-state index is 13.7. The average molecular weight is 544 g/mol. The Morgan fingerprint density at radius 3 is 2.50 bits per heavy atom. The molecule has 0 bridgehead atoms. The van der Waals surface area contributed by atoms with Gasteiger partial charge in [-0.2, -0.15) is 0 Å². The largest absolute Gasteiger partial charge is 0.493 e. The Morgan fingerprint density at radius 1 is 1.07 bits per heavy atom. The van der Waals surface area contributed by atoms with Gasteiger partial charge in [-0.05, 0) is 77.7 Å². The molecule has 2 aromatic heterocycles. The number of pyridine rings is 1. The van der Waals surface area contributed by atoms with Gasteiger partial charge in [0.1, 0.15) is 11.5 Å². The Labute approximate surface area is 231 Å². The highest BCUT2D eigenvalue weighted by Gasteiger charge is 2.33. The molecule has 0 N–H and O–H groups in total. The van der Waals surface area contributed by atoms with E-state index in [2.05, 4.69) is 4.98 Å². The highest BCUT2D eigenvalue weighted by Crippen LogP contribution is 2.40. The summed E-state index contributed by atoms with van der Waals surface area (Å²) in [5, 5.41) is 0.861. The fourth-order valence-corrected chi connectivity index (χ4v) is 5.42. The van der Waals surface area contributed by atoms with Crippen molar-refractivity contribution in [1.29, 1.82) is 0 Å². The summed E-state index contributed by atoms with van der Waals surface area (Å²) < 4.78 is 31.5. The second-order valence-electron chi connectivity index (χ2n) is 9.52. The lowest BCUT2D eigenvalue weighted by molar-refractivity contribution is -0.143. The highest BCUT2D eigenvalue weighted by molar-refractivity contribution is 6.00. The number of fused-ring (bicyclic) bond motifs is 2. The van der Waals surface area contributed by atoms with E-state index in [0.717, 1.165) is 39.0 Å². The molecule has 1 atom stereocenters. The number of rotatable bonds is 7. The molecular formula is C31H30FN3O5. The van der Waals surface area contributed by atoms with Crippen molar-refractivity contribution < 1.29 is 28.2 Å². The molecule has 5 rings (SSSR count). The maximum absolute atomic E-state index is 13.7. The van der Waals surface area contributed by atoms with Crippen molar-refractivity contribution in [2.75, 3.05) is 27.9 Å². The number of esters is 1. The zero-order chi connectivity index (χ0) is 28.4. The summed E-state index contributed by atoms with van der Waals surface area (Å²) in [6.07, 6.45) is 5.58. The first kappa shape index (κ1) is 26.9. The molecule has 206 valence electrons. The topological polar surface area (TPSA) is 82.9 Å². The normalized spacial score (nSPS) is 14.8. The van der Waals surface area contributed by atoms with Gasteiger partial charge in [-0.3, -0.25) is 9.59 Å². The summed E-state index contributed by atoms with van der Waals surface area (Å²) >= 11 is 0. The van der Waals surface area contributed by atoms with Gasteiger partial charge in [0.15, 0.2) is 11.5 Å². The molecule has 0 spiro atoms. The SMILES string of the molecule is COC(=O)CC1c2cc(OC)c(OC)cc2CCN1C(=O)/C=C/c1c(-c2ccc(F)cc2)n(C)c2ncccc12. The minimum Gasteiger partial charge on any atom is -0.493 e. The number of hydrogen-bond donors (Lipinski definition) is 0. The van der Waals surface area contributed by atoms with Crippen molar-refractivity contribution in [3.8, 4) is 22.8 Å². The van der Waals surface area contributed by atoms with Crippen molar-refractivity contribution in [2.24, 2.45) is 7.05 Å². The van der Waals surface area contributed by atoms with Crippen LogP contribution in [0.5, 0.6) is 11.5 Å². The number of aryl methyl sites for hydroxylation is 1. The standard InChI is InChI=1S/C31H30FN3O5/c1-34-30(19-7-9-21(32)10-8-19)22(23-6-5-14-33-31(23)34)11-12-28(36)35-15-13-20-16-26(38-2)27(39-3)17-24(20)25(35)18-29(37)40-4/h5-12,14,16-17,25H,13,15,18H2,1-4H3/b12-11+. The lowest BCUT2D eigenvalue weighted by Gasteiger charge is -2.36. The summed E-state index contributed by atoms with van der Waals surface area (Å²) in [6.45, 7) is 0.412. The third-order valence-corrected chi connectivity index (χ3v) is 7.37. The number of hydrogen-bond acceptors (Lipinski definition) is 6. The monoisotopic (exact) mass is 543 g/mol. The Hall–Kier alpha value is -4.66. The van der Waals surface area contributed by atoms with Gasteiger partial charge in [0.05, 0.1) is 39.5 Å². The number of carbonyl (C=O) groups is 2. The van der Waals surface area contributed by atoms with Gasteiger partial charge in [0.2, 0.25) is 5.91 Å². The summed E-state index contributed by atoms with van der Waals surface area (Å²) in [5.74, 6) is 0.112. The fraction of sp³-hybridized carbons (Fsp3) is 0.258. The number of carbonyl (C=O) groups excluding carboxylic acids is 2. The minimum absolute atomic E-state index is 0.00240. The first-order chi connectivity index (χ1) is 19.4. The van der Waals surface area contributed by atoms with Crippen molar-refractivity contribution in [3.05, 3.63) is 83.3 Å². The van der Waals surface area contributed by atoms with Gasteiger partial charge < -0.3 is 23.7 Å². The second kappa shape index (κ2) is 11.2. The number of halogens is 1. The quantitative estimate of drug-likeness (QED) is 0.238. The van der Waals surface area contributed by atoms with Crippen LogP contribution < -0.4 is 9.47 Å². The van der Waals surface area contributed by atoms with Crippen LogP contribution in [0, 0.1) is 5.82 Å². The van der Waals surface area contributed by atoms with Gasteiger partial charge in [-0.15, -0.1) is 0 Å². The molecule has 4 aromatic rings. The van der Waals surface area contributed by atoms with Crippen LogP contribution in [-0.2, 0) is 27.8 Å². The van der Waals surface area contributed by atoms with E-state index in [0.29, 0.717) is 24.5 Å². The molecule has 1 amide bonds. The van der Waals surface area contributed by atoms with Crippen LogP contribution in [0.25, 0.3) is 28.4 Å². The first-order valence-electron chi connectivity index (χ1n) is 12.9. The van der Waals surface area contributed by atoms with E-state index in [1.54, 1.807) is 43.5 Å². The van der Waals surface area contributed by atoms with Gasteiger partial charge in [0, 0.05) is 36.8 Å². The van der Waals surface area contributed by atoms with Crippen LogP contribution in [0.2, 0.25) is 0 Å². The van der Waals surface area contributed by atoms with E-state index in [-0.39, 0.29) is 18.1 Å². The number of amides is 1. The Bertz CT molecular complexity index is 1610. The number of nitrogens with zero attached hydrogens (tertiary/aromatic N) is 3. The van der Waals surface area contributed by atoms with Crippen molar-refractivity contribution in [1.82, 2.24) is 14.5 Å². The van der Waals surface area contributed by atoms with Crippen LogP contribution >= 0.6 is 0 Å². The van der Waals surface area contributed by atoms with E-state index >= 15 is 0 Å². The number of methoxy groups -OCH3 is 3. The minimum atomic E-state index is -0.543. The molecule has 3 heterocycles. The highest BCUT2D eigenvalue weighted by atomic mass is 19.1. The number of ether oxygens (including phenoxy) is 3. The predicted octanol–water partition coefficient (Wildman–Crippen LogP) is 5.10. The van der Waals surface area contributed by atoms with Crippen molar-refractivity contribution in [2.45, 2.75) is 18.9 Å². The lowest BCUT2D eigenvalue weighted by Crippen LogP contribution is -2.40. The molecule has 9 heteroatoms. The predicted molar refractivity (Wildman–Crippen MR) is 149 cm³/mol. The summed E-state index contributed by atoms with van der Waals surface area (Å²) in [7, 11) is 6.34. The first-order valence-corrected chi connectivity index (χ1v) is 12.9. The van der Waals surface area contributed by atoms with Gasteiger partial charge in [-0.25, -0.2) is 9.37 Å². The average Bonchev–Trinajstić information content (AvgIpc) is 3.26. The number of aromatic nitrogens is 2. The summed E-state index contributed by atoms with van der Waals surface area (Å²) in [4.78, 5) is 32.4. The third kappa shape index (κ3) is 4.90. The van der Waals surface area contributed by atoms with E-state index in [1.165, 1.54) is 25.3 Å². The maximum Gasteiger partial charge on any atom is 0.307 e. The third-order valence-electron chi connectivity index (χ3n) is 7.37. The molecular weight excluding hydrogens is 513 g/mol. The van der Waals surface area contributed by atoms with Crippen LogP contribution in [0.15, 0.2) is 60.8 Å². The van der Waals surface area contributed by atoms with Crippen LogP contribution in [-0.4, -0.2) is 54.2 Å². The molecule has 1 aliphatic heterocycles. The van der Waals surface area contributed by atoms with Gasteiger partial charge in [0.25, 0.3) is 0 Å². The molecule has 0 saturated heterocycles. The van der Waals surface area contributed by atoms with E-state index in [1.807, 2.05) is 35.9 Å². The fourth-order valence-electron chi connectivity index (χ4n) is 5.42. The van der Waals surface area contributed by atoms with Gasteiger partial charge in [-0.1, -0.05) is 0 Å². The van der Waals surface area contributed by atoms with Gasteiger partial charge >= 0.3 is 5.97 Å². The molecule has 0 saturated carbocycles. The molecule has 2 aromatic carbocycles. The molecule has 1 unspecified atom stereocenters. The lowest BCUT2D eigenvalue weighted by atomic mass is 9.89. The van der Waals surface area contributed by atoms with E-state index < -0.39 is 12.0 Å². The van der Waals surface area contributed by atoms with Crippen LogP contribution in [0.1, 0.15) is 29.2 Å². The van der Waals surface area contributed by atoms with E-state index in [9.17, 15) is 14.0 Å². The zero-order valence-corrected chi connectivity index (χ0v) is 22.8. The Balaban J connectivity index is 1.55. The van der Waals surface area contributed by atoms with E-state index in [4.69, 9.17) is 14.2 Å². The molecule has 0 fully saturated rings. The van der Waals surface area contributed by atoms with Crippen molar-refractivity contribution >= 4 is 29.0 Å². The zero-order valence-electron chi connectivity index (χ0n) is 22.8. The summed E-state index contributed by atoms with van der Waals surface area (Å²) in [5.41, 5.74) is 4.94. The smallest absolute Gasteiger partial charge is 0.307 e. The second-order valence-corrected chi connectivity index (χ2v) is 9.52. The molecule has 1 aliphatic rings. The molecule has 0 aliphatic carbocycles. The molecule has 0 radical (unpaired) electrons. The molecule has 8 nitrogen and oxygen atoms in total. The van der Waals surface area contributed by atoms with Crippen molar-refractivity contribution in [3.63, 3.8) is 0 Å². The Kier molecular flexibility index (Phi) is 7.55. The molecule has 40 heavy (non-hydrogen) atoms. The summed E-state index contributed by atoms with van der Waals surface area (Å²) in [6, 6.07) is 13.2. The number of benzene rings is 2. The van der Waals surface area contributed by atoms with Crippen LogP contribution in [0.4, 0.5) is 4.39 Å². The Morgan fingerprint density at radius 2 is 1.80 bits per heavy atom.